The van der Waals surface area contributed by atoms with Gasteiger partial charge in [-0.25, -0.2) is 4.39 Å². The topological polar surface area (TPSA) is 17.1 Å². The quantitative estimate of drug-likeness (QED) is 0.452. The minimum absolute atomic E-state index is 0.0640. The van der Waals surface area contributed by atoms with Crippen molar-refractivity contribution in [1.29, 1.82) is 0 Å². The Morgan fingerprint density at radius 2 is 2.00 bits per heavy atom. The summed E-state index contributed by atoms with van der Waals surface area (Å²) in [6, 6.07) is 1.73. The zero-order chi connectivity index (χ0) is 13.1. The van der Waals surface area contributed by atoms with Crippen LogP contribution in [0.5, 0.6) is 0 Å². The number of Topliss-reactive ketones (excluding diaryl/α,β-unsaturated/α-hetero) is 1. The highest BCUT2D eigenvalue weighted by Gasteiger charge is 2.31. The number of ketones is 1. The highest BCUT2D eigenvalue weighted by atomic mass is 19.4. The molecule has 0 aliphatic rings. The standard InChI is InChI=1S/C12H8F4O/c1-2-3-4-11(17)9-7-8(12(14,15)16)5-6-10(9)13/h1,5-7H,3-4H2. The molecule has 0 radical (unpaired) electrons. The van der Waals surface area contributed by atoms with E-state index in [0.29, 0.717) is 18.2 Å². The van der Waals surface area contributed by atoms with Crippen molar-refractivity contribution < 1.29 is 22.4 Å². The van der Waals surface area contributed by atoms with Crippen molar-refractivity contribution in [1.82, 2.24) is 0 Å². The van der Waals surface area contributed by atoms with Crippen LogP contribution in [-0.4, -0.2) is 5.78 Å². The molecular formula is C12H8F4O. The zero-order valence-corrected chi connectivity index (χ0v) is 8.64. The first-order valence-electron chi connectivity index (χ1n) is 4.69. The van der Waals surface area contributed by atoms with Crippen LogP contribution in [0.4, 0.5) is 17.6 Å². The summed E-state index contributed by atoms with van der Waals surface area (Å²) in [4.78, 5) is 11.4. The van der Waals surface area contributed by atoms with E-state index in [1.807, 2.05) is 0 Å². The van der Waals surface area contributed by atoms with Gasteiger partial charge in [0.25, 0.3) is 0 Å². The van der Waals surface area contributed by atoms with Crippen molar-refractivity contribution >= 4 is 5.78 Å². The third-order valence-corrected chi connectivity index (χ3v) is 2.09. The average molecular weight is 244 g/mol. The Balaban J connectivity index is 3.07. The number of alkyl halides is 3. The Labute approximate surface area is 95.4 Å². The molecule has 1 rings (SSSR count). The van der Waals surface area contributed by atoms with Gasteiger partial charge in [0.1, 0.15) is 5.82 Å². The van der Waals surface area contributed by atoms with E-state index in [-0.39, 0.29) is 12.8 Å². The minimum atomic E-state index is -4.60. The molecule has 0 atom stereocenters. The van der Waals surface area contributed by atoms with Crippen molar-refractivity contribution in [3.8, 4) is 12.3 Å². The van der Waals surface area contributed by atoms with Crippen molar-refractivity contribution in [2.75, 3.05) is 0 Å². The second-order valence-electron chi connectivity index (χ2n) is 3.32. The molecule has 0 aromatic heterocycles. The highest BCUT2D eigenvalue weighted by molar-refractivity contribution is 5.96. The molecule has 5 heteroatoms. The van der Waals surface area contributed by atoms with E-state index in [1.54, 1.807) is 0 Å². The lowest BCUT2D eigenvalue weighted by molar-refractivity contribution is -0.137. The molecule has 0 N–H and O–H groups in total. The maximum absolute atomic E-state index is 13.2. The van der Waals surface area contributed by atoms with Crippen molar-refractivity contribution in [2.45, 2.75) is 19.0 Å². The molecular weight excluding hydrogens is 236 g/mol. The first kappa shape index (κ1) is 13.2. The molecule has 90 valence electrons. The molecule has 0 aliphatic carbocycles. The molecule has 0 aliphatic heterocycles. The number of hydrogen-bond donors (Lipinski definition) is 0. The van der Waals surface area contributed by atoms with Gasteiger partial charge in [0, 0.05) is 12.8 Å². The molecule has 1 aromatic carbocycles. The molecule has 0 spiro atoms. The van der Waals surface area contributed by atoms with Crippen LogP contribution in [0.15, 0.2) is 18.2 Å². The van der Waals surface area contributed by atoms with E-state index in [1.165, 1.54) is 0 Å². The predicted octanol–water partition coefficient (Wildman–Crippen LogP) is 3.44. The monoisotopic (exact) mass is 244 g/mol. The third-order valence-electron chi connectivity index (χ3n) is 2.09. The van der Waals surface area contributed by atoms with Gasteiger partial charge >= 0.3 is 6.18 Å². The van der Waals surface area contributed by atoms with E-state index >= 15 is 0 Å². The Bertz CT molecular complexity index is 468. The predicted molar refractivity (Wildman–Crippen MR) is 53.8 cm³/mol. The smallest absolute Gasteiger partial charge is 0.294 e. The Morgan fingerprint density at radius 1 is 1.35 bits per heavy atom. The number of rotatable bonds is 3. The summed E-state index contributed by atoms with van der Waals surface area (Å²) in [5.74, 6) is 0.465. The van der Waals surface area contributed by atoms with Crippen molar-refractivity contribution in [3.63, 3.8) is 0 Å². The molecule has 1 nitrogen and oxygen atoms in total. The van der Waals surface area contributed by atoms with Gasteiger partial charge < -0.3 is 0 Å². The Hall–Kier alpha value is -1.83. The van der Waals surface area contributed by atoms with Crippen LogP contribution < -0.4 is 0 Å². The molecule has 0 saturated heterocycles. The molecule has 0 amide bonds. The lowest BCUT2D eigenvalue weighted by atomic mass is 10.0. The van der Waals surface area contributed by atoms with Gasteiger partial charge in [0.2, 0.25) is 0 Å². The van der Waals surface area contributed by atoms with E-state index in [2.05, 4.69) is 5.92 Å². The van der Waals surface area contributed by atoms with Gasteiger partial charge in [-0.05, 0) is 18.2 Å². The van der Waals surface area contributed by atoms with E-state index in [4.69, 9.17) is 6.42 Å². The maximum atomic E-state index is 13.2. The number of terminal acetylenes is 1. The normalized spacial score (nSPS) is 11.0. The largest absolute Gasteiger partial charge is 0.416 e. The highest BCUT2D eigenvalue weighted by Crippen LogP contribution is 2.30. The molecule has 1 aromatic rings. The maximum Gasteiger partial charge on any atom is 0.416 e. The van der Waals surface area contributed by atoms with Crippen LogP contribution in [0.2, 0.25) is 0 Å². The molecule has 0 unspecified atom stereocenters. The van der Waals surface area contributed by atoms with E-state index in [0.717, 1.165) is 0 Å². The number of carbonyl (C=O) groups excluding carboxylic acids is 1. The van der Waals surface area contributed by atoms with Crippen LogP contribution in [0.3, 0.4) is 0 Å². The van der Waals surface area contributed by atoms with Gasteiger partial charge in [0.15, 0.2) is 5.78 Å². The van der Waals surface area contributed by atoms with E-state index < -0.39 is 28.9 Å². The fourth-order valence-electron chi connectivity index (χ4n) is 1.24. The van der Waals surface area contributed by atoms with Crippen molar-refractivity contribution in [2.24, 2.45) is 0 Å². The Morgan fingerprint density at radius 3 is 2.53 bits per heavy atom. The lowest BCUT2D eigenvalue weighted by Crippen LogP contribution is -2.09. The summed E-state index contributed by atoms with van der Waals surface area (Å²) in [6.07, 6.45) is 0.206. The lowest BCUT2D eigenvalue weighted by Gasteiger charge is -2.08. The Kier molecular flexibility index (Phi) is 3.89. The molecule has 17 heavy (non-hydrogen) atoms. The summed E-state index contributed by atoms with van der Waals surface area (Å²) >= 11 is 0. The minimum Gasteiger partial charge on any atom is -0.294 e. The second-order valence-corrected chi connectivity index (χ2v) is 3.32. The fraction of sp³-hybridized carbons (Fsp3) is 0.250. The van der Waals surface area contributed by atoms with Crippen LogP contribution >= 0.6 is 0 Å². The molecule has 0 saturated carbocycles. The van der Waals surface area contributed by atoms with Gasteiger partial charge in [-0.2, -0.15) is 13.2 Å². The molecule has 0 fully saturated rings. The van der Waals surface area contributed by atoms with Crippen LogP contribution in [0.1, 0.15) is 28.8 Å². The fourth-order valence-corrected chi connectivity index (χ4v) is 1.24. The number of halogens is 4. The summed E-state index contributed by atoms with van der Waals surface area (Å²) < 4.78 is 50.2. The van der Waals surface area contributed by atoms with Crippen molar-refractivity contribution in [3.05, 3.63) is 35.1 Å². The number of benzene rings is 1. The summed E-state index contributed by atoms with van der Waals surface area (Å²) in [7, 11) is 0. The van der Waals surface area contributed by atoms with Gasteiger partial charge in [-0.15, -0.1) is 12.3 Å². The van der Waals surface area contributed by atoms with Gasteiger partial charge in [-0.1, -0.05) is 0 Å². The summed E-state index contributed by atoms with van der Waals surface area (Å²) in [5.41, 5.74) is -1.63. The van der Waals surface area contributed by atoms with Gasteiger partial charge in [-0.3, -0.25) is 4.79 Å². The first-order chi connectivity index (χ1) is 7.86. The SMILES string of the molecule is C#CCCC(=O)c1cc(C(F)(F)F)ccc1F. The first-order valence-corrected chi connectivity index (χ1v) is 4.69. The van der Waals surface area contributed by atoms with E-state index in [9.17, 15) is 22.4 Å². The second kappa shape index (κ2) is 5.00. The number of hydrogen-bond acceptors (Lipinski definition) is 1. The summed E-state index contributed by atoms with van der Waals surface area (Å²) in [5, 5.41) is 0. The molecule has 0 bridgehead atoms. The van der Waals surface area contributed by atoms with Gasteiger partial charge in [0.05, 0.1) is 11.1 Å². The third kappa shape index (κ3) is 3.31. The number of carbonyl (C=O) groups is 1. The average Bonchev–Trinajstić information content (AvgIpc) is 2.24. The van der Waals surface area contributed by atoms with Crippen LogP contribution in [0.25, 0.3) is 0 Å². The zero-order valence-electron chi connectivity index (χ0n) is 8.64. The summed E-state index contributed by atoms with van der Waals surface area (Å²) in [6.45, 7) is 0. The van der Waals surface area contributed by atoms with Crippen LogP contribution in [-0.2, 0) is 6.18 Å². The molecule has 0 heterocycles. The van der Waals surface area contributed by atoms with Crippen LogP contribution in [0, 0.1) is 18.2 Å².